The molecule has 9 heteroatoms. The molecule has 8 nitrogen and oxygen atoms in total. The molecule has 0 aliphatic heterocycles. The molecule has 0 saturated carbocycles. The highest BCUT2D eigenvalue weighted by molar-refractivity contribution is 6.34. The van der Waals surface area contributed by atoms with E-state index in [1.807, 2.05) is 13.0 Å². The third kappa shape index (κ3) is 9.24. The molecular weight excluding hydrogens is 506 g/mol. The van der Waals surface area contributed by atoms with Gasteiger partial charge in [-0.15, -0.1) is 0 Å². The Morgan fingerprint density at radius 1 is 1.05 bits per heavy atom. The average molecular weight is 546 g/mol. The van der Waals surface area contributed by atoms with Gasteiger partial charge in [-0.25, -0.2) is 4.79 Å². The molecule has 2 rings (SSSR count). The molecule has 0 fully saturated rings. The summed E-state index contributed by atoms with van der Waals surface area (Å²) in [4.78, 5) is 41.1. The minimum absolute atomic E-state index is 0.0854. The number of hydrogen-bond acceptors (Lipinski definition) is 5. The van der Waals surface area contributed by atoms with Crippen molar-refractivity contribution in [2.75, 3.05) is 18.4 Å². The van der Waals surface area contributed by atoms with Crippen molar-refractivity contribution in [3.8, 4) is 5.75 Å². The van der Waals surface area contributed by atoms with Crippen molar-refractivity contribution >= 4 is 35.2 Å². The van der Waals surface area contributed by atoms with E-state index in [-0.39, 0.29) is 12.3 Å². The molecule has 3 amide bonds. The van der Waals surface area contributed by atoms with Crippen LogP contribution in [0.3, 0.4) is 0 Å². The highest BCUT2D eigenvalue weighted by Gasteiger charge is 2.32. The zero-order valence-electron chi connectivity index (χ0n) is 23.2. The van der Waals surface area contributed by atoms with Gasteiger partial charge in [0.25, 0.3) is 5.91 Å². The number of nitrogens with one attached hydrogen (secondary N) is 2. The maximum absolute atomic E-state index is 13.8. The van der Waals surface area contributed by atoms with Gasteiger partial charge in [0.2, 0.25) is 5.91 Å². The smallest absolute Gasteiger partial charge is 0.408 e. The van der Waals surface area contributed by atoms with Gasteiger partial charge in [-0.2, -0.15) is 0 Å². The van der Waals surface area contributed by atoms with Crippen LogP contribution < -0.4 is 10.6 Å². The SMILES string of the molecule is CCCCCCN(C(=O)CNC(=O)OC(C)(C)C)C(C(=O)Nc1c(C)cccc1Cl)c1ccc(O)c(C)c1. The fourth-order valence-corrected chi connectivity index (χ4v) is 4.24. The van der Waals surface area contributed by atoms with E-state index in [1.165, 1.54) is 11.0 Å². The third-order valence-corrected chi connectivity index (χ3v) is 6.24. The molecule has 0 bridgehead atoms. The van der Waals surface area contributed by atoms with Crippen molar-refractivity contribution in [3.63, 3.8) is 0 Å². The number of carbonyl (C=O) groups is 3. The number of phenolic OH excluding ortho intramolecular Hbond substituents is 1. The lowest BCUT2D eigenvalue weighted by atomic mass is 10.00. The molecule has 0 aliphatic rings. The second kappa shape index (κ2) is 14.0. The minimum atomic E-state index is -1.03. The number of ether oxygens (including phenoxy) is 1. The van der Waals surface area contributed by atoms with E-state index in [2.05, 4.69) is 17.6 Å². The molecule has 1 unspecified atom stereocenters. The fourth-order valence-electron chi connectivity index (χ4n) is 3.97. The van der Waals surface area contributed by atoms with Crippen LogP contribution in [0.25, 0.3) is 0 Å². The first-order valence-corrected chi connectivity index (χ1v) is 13.3. The summed E-state index contributed by atoms with van der Waals surface area (Å²) in [5.41, 5.74) is 1.62. The van der Waals surface area contributed by atoms with E-state index >= 15 is 0 Å². The number of carbonyl (C=O) groups excluding carboxylic acids is 3. The number of unbranched alkanes of at least 4 members (excludes halogenated alkanes) is 3. The number of phenols is 1. The van der Waals surface area contributed by atoms with Crippen LogP contribution in [0.4, 0.5) is 10.5 Å². The monoisotopic (exact) mass is 545 g/mol. The molecule has 0 spiro atoms. The number of hydrogen-bond donors (Lipinski definition) is 3. The van der Waals surface area contributed by atoms with Crippen LogP contribution in [0.2, 0.25) is 5.02 Å². The molecule has 0 aromatic heterocycles. The number of para-hydroxylation sites is 1. The minimum Gasteiger partial charge on any atom is -0.508 e. The van der Waals surface area contributed by atoms with Crippen LogP contribution in [0.1, 0.15) is 76.1 Å². The van der Waals surface area contributed by atoms with Gasteiger partial charge >= 0.3 is 6.09 Å². The molecule has 0 radical (unpaired) electrons. The number of amides is 3. The number of nitrogens with zero attached hydrogens (tertiary/aromatic N) is 1. The van der Waals surface area contributed by atoms with Gasteiger partial charge in [0, 0.05) is 6.54 Å². The number of rotatable bonds is 11. The van der Waals surface area contributed by atoms with E-state index in [0.717, 1.165) is 24.8 Å². The standard InChI is InChI=1S/C29H40ClN3O5/c1-7-8-9-10-16-33(24(35)18-31-28(37)38-29(4,5)6)26(21-14-15-23(34)20(3)17-21)27(36)32-25-19(2)12-11-13-22(25)30/h11-15,17,26,34H,7-10,16,18H2,1-6H3,(H,31,37)(H,32,36). The van der Waals surface area contributed by atoms with Crippen LogP contribution in [-0.4, -0.2) is 46.6 Å². The van der Waals surface area contributed by atoms with Gasteiger partial charge in [0.05, 0.1) is 10.7 Å². The zero-order chi connectivity index (χ0) is 28.5. The molecule has 208 valence electrons. The average Bonchev–Trinajstić information content (AvgIpc) is 2.82. The van der Waals surface area contributed by atoms with E-state index in [0.29, 0.717) is 34.8 Å². The summed E-state index contributed by atoms with van der Waals surface area (Å²) in [7, 11) is 0. The first kappa shape index (κ1) is 31.0. The van der Waals surface area contributed by atoms with Crippen LogP contribution >= 0.6 is 11.6 Å². The molecule has 0 aliphatic carbocycles. The summed E-state index contributed by atoms with van der Waals surface area (Å²) in [5, 5.41) is 15.9. The van der Waals surface area contributed by atoms with Gasteiger partial charge in [0.15, 0.2) is 0 Å². The van der Waals surface area contributed by atoms with Crippen LogP contribution in [0, 0.1) is 13.8 Å². The molecule has 0 heterocycles. The van der Waals surface area contributed by atoms with Crippen molar-refractivity contribution < 1.29 is 24.2 Å². The maximum atomic E-state index is 13.8. The highest BCUT2D eigenvalue weighted by Crippen LogP contribution is 2.31. The van der Waals surface area contributed by atoms with Crippen molar-refractivity contribution in [2.45, 2.75) is 78.9 Å². The second-order valence-electron chi connectivity index (χ2n) is 10.4. The summed E-state index contributed by atoms with van der Waals surface area (Å²) >= 11 is 6.38. The molecule has 2 aromatic carbocycles. The largest absolute Gasteiger partial charge is 0.508 e. The van der Waals surface area contributed by atoms with Gasteiger partial charge in [-0.3, -0.25) is 9.59 Å². The van der Waals surface area contributed by atoms with Crippen LogP contribution in [-0.2, 0) is 14.3 Å². The van der Waals surface area contributed by atoms with Crippen molar-refractivity contribution in [1.82, 2.24) is 10.2 Å². The van der Waals surface area contributed by atoms with E-state index in [4.69, 9.17) is 16.3 Å². The summed E-state index contributed by atoms with van der Waals surface area (Å²) in [6, 6.07) is 9.10. The number of alkyl carbamates (subject to hydrolysis) is 1. The normalized spacial score (nSPS) is 12.0. The number of halogens is 1. The number of aryl methyl sites for hydroxylation is 2. The lowest BCUT2D eigenvalue weighted by molar-refractivity contribution is -0.138. The Bertz CT molecular complexity index is 1110. The van der Waals surface area contributed by atoms with E-state index in [1.54, 1.807) is 52.0 Å². The quantitative estimate of drug-likeness (QED) is 0.288. The fraction of sp³-hybridized carbons (Fsp3) is 0.483. The highest BCUT2D eigenvalue weighted by atomic mass is 35.5. The summed E-state index contributed by atoms with van der Waals surface area (Å²) in [6.07, 6.45) is 2.85. The third-order valence-electron chi connectivity index (χ3n) is 5.92. The van der Waals surface area contributed by atoms with E-state index < -0.39 is 29.6 Å². The number of benzene rings is 2. The Balaban J connectivity index is 2.45. The summed E-state index contributed by atoms with van der Waals surface area (Å²) in [5.74, 6) is -0.802. The second-order valence-corrected chi connectivity index (χ2v) is 10.8. The first-order chi connectivity index (χ1) is 17.8. The Kier molecular flexibility index (Phi) is 11.4. The molecule has 1 atom stereocenters. The Morgan fingerprint density at radius 2 is 1.76 bits per heavy atom. The predicted octanol–water partition coefficient (Wildman–Crippen LogP) is 6.28. The zero-order valence-corrected chi connectivity index (χ0v) is 23.9. The molecule has 38 heavy (non-hydrogen) atoms. The topological polar surface area (TPSA) is 108 Å². The Labute approximate surface area is 230 Å². The molecule has 0 saturated heterocycles. The number of anilines is 1. The summed E-state index contributed by atoms with van der Waals surface area (Å²) in [6.45, 7) is 10.8. The molecule has 3 N–H and O–H groups in total. The molecule has 2 aromatic rings. The molecular formula is C29H40ClN3O5. The van der Waals surface area contributed by atoms with Crippen molar-refractivity contribution in [3.05, 3.63) is 58.1 Å². The Hall–Kier alpha value is -3.26. The van der Waals surface area contributed by atoms with Crippen molar-refractivity contribution in [2.24, 2.45) is 0 Å². The van der Waals surface area contributed by atoms with Gasteiger partial charge in [-0.1, -0.05) is 56.0 Å². The van der Waals surface area contributed by atoms with Crippen LogP contribution in [0.15, 0.2) is 36.4 Å². The van der Waals surface area contributed by atoms with Gasteiger partial charge in [-0.05, 0) is 75.9 Å². The first-order valence-electron chi connectivity index (χ1n) is 13.0. The lowest BCUT2D eigenvalue weighted by Crippen LogP contribution is -2.47. The van der Waals surface area contributed by atoms with Gasteiger partial charge < -0.3 is 25.4 Å². The maximum Gasteiger partial charge on any atom is 0.408 e. The lowest BCUT2D eigenvalue weighted by Gasteiger charge is -2.32. The number of aromatic hydroxyl groups is 1. The van der Waals surface area contributed by atoms with Crippen molar-refractivity contribution in [1.29, 1.82) is 0 Å². The van der Waals surface area contributed by atoms with Gasteiger partial charge in [0.1, 0.15) is 23.9 Å². The Morgan fingerprint density at radius 3 is 2.37 bits per heavy atom. The van der Waals surface area contributed by atoms with Crippen LogP contribution in [0.5, 0.6) is 5.75 Å². The van der Waals surface area contributed by atoms with E-state index in [9.17, 15) is 19.5 Å². The predicted molar refractivity (Wildman–Crippen MR) is 150 cm³/mol. The summed E-state index contributed by atoms with van der Waals surface area (Å²) < 4.78 is 5.27.